The first-order chi connectivity index (χ1) is 13.3. The van der Waals surface area contributed by atoms with Crippen molar-refractivity contribution in [1.29, 1.82) is 0 Å². The molecule has 0 radical (unpaired) electrons. The maximum atomic E-state index is 12.6. The van der Waals surface area contributed by atoms with Crippen molar-refractivity contribution in [3.63, 3.8) is 0 Å². The van der Waals surface area contributed by atoms with Crippen LogP contribution in [0.3, 0.4) is 0 Å². The van der Waals surface area contributed by atoms with Crippen LogP contribution in [-0.4, -0.2) is 42.9 Å². The number of quaternary nitrogens is 1. The monoisotopic (exact) mass is 418 g/mol. The number of unbranched alkanes of at least 4 members (excludes halogenated alkanes) is 10. The lowest BCUT2D eigenvalue weighted by Gasteiger charge is -2.35. The van der Waals surface area contributed by atoms with Crippen molar-refractivity contribution in [2.75, 3.05) is 27.7 Å². The number of hydrogen-bond acceptors (Lipinski definition) is 2. The molecule has 4 nitrogen and oxygen atoms in total. The van der Waals surface area contributed by atoms with Crippen LogP contribution < -0.4 is 0 Å². The van der Waals surface area contributed by atoms with E-state index in [0.717, 1.165) is 25.7 Å². The Morgan fingerprint density at radius 2 is 1.36 bits per heavy atom. The van der Waals surface area contributed by atoms with Crippen LogP contribution in [0.25, 0.3) is 0 Å². The molecule has 0 spiro atoms. The Morgan fingerprint density at radius 3 is 1.82 bits per heavy atom. The van der Waals surface area contributed by atoms with E-state index in [0.29, 0.717) is 17.5 Å². The quantitative estimate of drug-likeness (QED) is 0.104. The third-order valence-corrected chi connectivity index (χ3v) is 7.52. The van der Waals surface area contributed by atoms with Gasteiger partial charge in [0, 0.05) is 6.42 Å². The van der Waals surface area contributed by atoms with Gasteiger partial charge in [0.1, 0.15) is 0 Å². The normalized spacial score (nSPS) is 15.8. The van der Waals surface area contributed by atoms with Crippen LogP contribution in [0.15, 0.2) is 12.2 Å². The van der Waals surface area contributed by atoms with E-state index in [2.05, 4.69) is 19.1 Å². The van der Waals surface area contributed by atoms with Crippen molar-refractivity contribution >= 4 is 7.60 Å². The second-order valence-corrected chi connectivity index (χ2v) is 11.0. The van der Waals surface area contributed by atoms with E-state index in [-0.39, 0.29) is 5.78 Å². The van der Waals surface area contributed by atoms with Crippen LogP contribution in [0.5, 0.6) is 0 Å². The Hall–Kier alpha value is -0.150. The highest BCUT2D eigenvalue weighted by Crippen LogP contribution is 2.51. The summed E-state index contributed by atoms with van der Waals surface area (Å²) in [6, 6.07) is 0. The molecule has 0 aliphatic rings. The second-order valence-electron chi connectivity index (χ2n) is 8.99. The van der Waals surface area contributed by atoms with Gasteiger partial charge in [0.05, 0.1) is 27.7 Å². The molecule has 0 saturated heterocycles. The van der Waals surface area contributed by atoms with Crippen molar-refractivity contribution in [2.45, 2.75) is 110 Å². The van der Waals surface area contributed by atoms with Gasteiger partial charge in [-0.25, -0.2) is 0 Å². The summed E-state index contributed by atoms with van der Waals surface area (Å²) in [6.45, 7) is 4.64. The van der Waals surface area contributed by atoms with E-state index in [1.807, 2.05) is 28.1 Å². The third-order valence-electron chi connectivity index (χ3n) is 5.26. The van der Waals surface area contributed by atoms with Crippen LogP contribution in [0.1, 0.15) is 104 Å². The summed E-state index contributed by atoms with van der Waals surface area (Å²) in [5, 5.41) is 0. The van der Waals surface area contributed by atoms with E-state index < -0.39 is 7.60 Å². The minimum absolute atomic E-state index is 0.333. The lowest BCUT2D eigenvalue weighted by molar-refractivity contribution is -0.883. The SMILES string of the molecule is CCC=CCCCCCCCCCCCCOP(=O)(O)C(CCC)[N+](C)(C)C. The average Bonchev–Trinajstić information content (AvgIpc) is 2.61. The fraction of sp³-hybridized carbons (Fsp3) is 0.913. The van der Waals surface area contributed by atoms with Gasteiger partial charge in [0.15, 0.2) is 5.78 Å². The number of allylic oxidation sites excluding steroid dienone is 2. The maximum Gasteiger partial charge on any atom is 0.385 e. The second kappa shape index (κ2) is 16.6. The van der Waals surface area contributed by atoms with E-state index >= 15 is 0 Å². The Bertz CT molecular complexity index is 432. The van der Waals surface area contributed by atoms with E-state index in [4.69, 9.17) is 4.52 Å². The van der Waals surface area contributed by atoms with Crippen LogP contribution in [0, 0.1) is 0 Å². The zero-order chi connectivity index (χ0) is 21.3. The van der Waals surface area contributed by atoms with Crippen molar-refractivity contribution in [3.05, 3.63) is 12.2 Å². The van der Waals surface area contributed by atoms with Crippen LogP contribution >= 0.6 is 7.60 Å². The largest absolute Gasteiger partial charge is 0.385 e. The topological polar surface area (TPSA) is 46.5 Å². The Labute approximate surface area is 175 Å². The van der Waals surface area contributed by atoms with Gasteiger partial charge in [0.2, 0.25) is 0 Å². The van der Waals surface area contributed by atoms with Gasteiger partial charge in [-0.15, -0.1) is 0 Å². The minimum Gasteiger partial charge on any atom is -0.320 e. The molecule has 2 atom stereocenters. The first kappa shape index (κ1) is 27.8. The van der Waals surface area contributed by atoms with E-state index in [9.17, 15) is 9.46 Å². The maximum absolute atomic E-state index is 12.6. The average molecular weight is 419 g/mol. The van der Waals surface area contributed by atoms with Gasteiger partial charge in [-0.2, -0.15) is 0 Å². The Kier molecular flexibility index (Phi) is 16.5. The molecule has 0 aliphatic heterocycles. The molecule has 0 aromatic carbocycles. The molecule has 0 rings (SSSR count). The smallest absolute Gasteiger partial charge is 0.320 e. The summed E-state index contributed by atoms with van der Waals surface area (Å²) in [6.07, 6.45) is 21.1. The van der Waals surface area contributed by atoms with Gasteiger partial charge in [0.25, 0.3) is 0 Å². The Morgan fingerprint density at radius 1 is 0.857 bits per heavy atom. The fourth-order valence-electron chi connectivity index (χ4n) is 3.59. The molecule has 0 aromatic rings. The van der Waals surface area contributed by atoms with Gasteiger partial charge in [-0.1, -0.05) is 77.4 Å². The summed E-state index contributed by atoms with van der Waals surface area (Å²) in [5.41, 5.74) is 0. The first-order valence-corrected chi connectivity index (χ1v) is 13.3. The van der Waals surface area contributed by atoms with Gasteiger partial charge in [-0.05, 0) is 32.1 Å². The van der Waals surface area contributed by atoms with Crippen LogP contribution in [0.4, 0.5) is 0 Å². The van der Waals surface area contributed by atoms with Gasteiger partial charge < -0.3 is 13.9 Å². The predicted octanol–water partition coefficient (Wildman–Crippen LogP) is 7.28. The molecule has 0 aromatic heterocycles. The molecule has 5 heteroatoms. The van der Waals surface area contributed by atoms with Gasteiger partial charge >= 0.3 is 7.60 Å². The van der Waals surface area contributed by atoms with Crippen LogP contribution in [-0.2, 0) is 9.09 Å². The molecule has 0 heterocycles. The molecule has 168 valence electrons. The summed E-state index contributed by atoms with van der Waals surface area (Å²) >= 11 is 0. The molecule has 0 bridgehead atoms. The molecule has 28 heavy (non-hydrogen) atoms. The summed E-state index contributed by atoms with van der Waals surface area (Å²) < 4.78 is 18.5. The van der Waals surface area contributed by atoms with Crippen molar-refractivity contribution in [1.82, 2.24) is 0 Å². The van der Waals surface area contributed by atoms with Crippen molar-refractivity contribution in [3.8, 4) is 0 Å². The highest BCUT2D eigenvalue weighted by atomic mass is 31.2. The zero-order valence-electron chi connectivity index (χ0n) is 19.5. The predicted molar refractivity (Wildman–Crippen MR) is 123 cm³/mol. The number of nitrogens with zero attached hydrogens (tertiary/aromatic N) is 1. The molecule has 0 amide bonds. The molecular weight excluding hydrogens is 369 g/mol. The van der Waals surface area contributed by atoms with Crippen molar-refractivity contribution < 1.29 is 18.5 Å². The van der Waals surface area contributed by atoms with Crippen molar-refractivity contribution in [2.24, 2.45) is 0 Å². The molecule has 2 unspecified atom stereocenters. The summed E-state index contributed by atoms with van der Waals surface area (Å²) in [7, 11) is 2.35. The van der Waals surface area contributed by atoms with E-state index in [1.54, 1.807) is 0 Å². The van der Waals surface area contributed by atoms with E-state index in [1.165, 1.54) is 57.8 Å². The first-order valence-electron chi connectivity index (χ1n) is 11.7. The van der Waals surface area contributed by atoms with Gasteiger partial charge in [-0.3, -0.25) is 4.57 Å². The molecule has 1 N–H and O–H groups in total. The zero-order valence-corrected chi connectivity index (χ0v) is 20.4. The Balaban J connectivity index is 3.63. The lowest BCUT2D eigenvalue weighted by atomic mass is 10.1. The standard InChI is InChI=1S/C23H48NO3P/c1-6-8-9-10-11-12-13-14-15-16-17-18-19-20-22-27-28(25,26)23(21-7-2)24(3,4)5/h8-9,23H,6-7,10-22H2,1-5H3/p+1. The third kappa shape index (κ3) is 14.8. The summed E-state index contributed by atoms with van der Waals surface area (Å²) in [4.78, 5) is 10.4. The molecule has 0 saturated carbocycles. The number of rotatable bonds is 19. The molecule has 0 aliphatic carbocycles. The molecular formula is C23H49NO3P+. The lowest BCUT2D eigenvalue weighted by Crippen LogP contribution is -2.45. The highest BCUT2D eigenvalue weighted by molar-refractivity contribution is 7.53. The van der Waals surface area contributed by atoms with Crippen LogP contribution in [0.2, 0.25) is 0 Å². The molecule has 0 fully saturated rings. The fourth-order valence-corrected chi connectivity index (χ4v) is 5.61. The summed E-state index contributed by atoms with van der Waals surface area (Å²) in [5.74, 6) is -0.333. The number of hydrogen-bond donors (Lipinski definition) is 1. The highest BCUT2D eigenvalue weighted by Gasteiger charge is 2.41. The minimum atomic E-state index is -3.56.